The van der Waals surface area contributed by atoms with Gasteiger partial charge in [0.05, 0.1) is 32.0 Å². The lowest BCUT2D eigenvalue weighted by Crippen LogP contribution is -2.69. The van der Waals surface area contributed by atoms with Gasteiger partial charge in [-0.05, 0) is 36.8 Å². The first-order valence-corrected chi connectivity index (χ1v) is 13.2. The highest BCUT2D eigenvalue weighted by molar-refractivity contribution is 5.93. The Morgan fingerprint density at radius 3 is 2.50 bits per heavy atom. The number of methoxy groups -OCH3 is 1. The third kappa shape index (κ3) is 3.53. The SMILES string of the molecule is COC(=O)C(O)[C@H]1C(C)(C)[C@@H](OC(C)=O)[C@@H]2CC3=C4CC(=O)O[C@@H](c5ccoc5)[C@]4(C)CCC3[C@@]1(C)C2=O. The quantitative estimate of drug-likeness (QED) is 0.353. The van der Waals surface area contributed by atoms with Crippen molar-refractivity contribution in [2.24, 2.45) is 34.0 Å². The lowest BCUT2D eigenvalue weighted by molar-refractivity contribution is -0.212. The first-order valence-electron chi connectivity index (χ1n) is 13.2. The molecule has 2 heterocycles. The Bertz CT molecular complexity index is 1210. The van der Waals surface area contributed by atoms with Crippen LogP contribution in [0.3, 0.4) is 0 Å². The molecule has 38 heavy (non-hydrogen) atoms. The predicted octanol–water partition coefficient (Wildman–Crippen LogP) is 3.70. The van der Waals surface area contributed by atoms with E-state index in [1.165, 1.54) is 14.0 Å². The van der Waals surface area contributed by atoms with Crippen LogP contribution < -0.4 is 0 Å². The van der Waals surface area contributed by atoms with E-state index in [2.05, 4.69) is 6.92 Å². The minimum Gasteiger partial charge on any atom is -0.472 e. The Hall–Kier alpha value is -2.94. The molecule has 2 unspecified atom stereocenters. The minimum atomic E-state index is -1.60. The van der Waals surface area contributed by atoms with Crippen molar-refractivity contribution in [3.05, 3.63) is 35.3 Å². The largest absolute Gasteiger partial charge is 0.472 e. The van der Waals surface area contributed by atoms with Crippen LogP contribution in [0.25, 0.3) is 0 Å². The van der Waals surface area contributed by atoms with Crippen LogP contribution in [-0.4, -0.2) is 48.1 Å². The van der Waals surface area contributed by atoms with Crippen molar-refractivity contribution in [1.82, 2.24) is 0 Å². The fourth-order valence-electron chi connectivity index (χ4n) is 8.57. The number of Topliss-reactive ketones (excluding diaryl/α,β-unsaturated/α-hetero) is 1. The molecule has 5 rings (SSSR count). The number of rotatable bonds is 4. The Morgan fingerprint density at radius 2 is 1.89 bits per heavy atom. The van der Waals surface area contributed by atoms with Crippen LogP contribution in [0, 0.1) is 34.0 Å². The smallest absolute Gasteiger partial charge is 0.335 e. The van der Waals surface area contributed by atoms with Gasteiger partial charge in [-0.2, -0.15) is 0 Å². The van der Waals surface area contributed by atoms with Gasteiger partial charge >= 0.3 is 17.9 Å². The van der Waals surface area contributed by atoms with Crippen LogP contribution in [0.4, 0.5) is 0 Å². The maximum atomic E-state index is 14.3. The number of hydrogen-bond acceptors (Lipinski definition) is 9. The minimum absolute atomic E-state index is 0.0967. The molecule has 1 aliphatic heterocycles. The molecule has 1 aromatic rings. The monoisotopic (exact) mass is 528 g/mol. The van der Waals surface area contributed by atoms with Crippen LogP contribution >= 0.6 is 0 Å². The first kappa shape index (κ1) is 26.7. The number of esters is 3. The van der Waals surface area contributed by atoms with Gasteiger partial charge in [-0.25, -0.2) is 4.79 Å². The highest BCUT2D eigenvalue weighted by Gasteiger charge is 2.70. The molecule has 206 valence electrons. The van der Waals surface area contributed by atoms with E-state index in [1.54, 1.807) is 18.6 Å². The van der Waals surface area contributed by atoms with Crippen molar-refractivity contribution in [2.45, 2.75) is 78.6 Å². The molecule has 3 fully saturated rings. The number of fused-ring (bicyclic) bond motifs is 5. The lowest BCUT2D eigenvalue weighted by Gasteiger charge is -2.64. The maximum absolute atomic E-state index is 14.3. The second-order valence-electron chi connectivity index (χ2n) is 12.4. The number of furan rings is 1. The zero-order chi connectivity index (χ0) is 27.8. The summed E-state index contributed by atoms with van der Waals surface area (Å²) in [6.07, 6.45) is 1.82. The fourth-order valence-corrected chi connectivity index (χ4v) is 8.57. The van der Waals surface area contributed by atoms with Gasteiger partial charge < -0.3 is 23.7 Å². The van der Waals surface area contributed by atoms with Gasteiger partial charge in [0.15, 0.2) is 6.10 Å². The van der Waals surface area contributed by atoms with Gasteiger partial charge in [-0.1, -0.05) is 33.3 Å². The number of hydrogen-bond donors (Lipinski definition) is 1. The van der Waals surface area contributed by atoms with E-state index in [-0.39, 0.29) is 24.1 Å². The van der Waals surface area contributed by atoms with Gasteiger partial charge in [-0.15, -0.1) is 0 Å². The number of aliphatic hydroxyl groups is 1. The van der Waals surface area contributed by atoms with Crippen molar-refractivity contribution in [2.75, 3.05) is 7.11 Å². The molecule has 0 spiro atoms. The molecule has 9 nitrogen and oxygen atoms in total. The van der Waals surface area contributed by atoms with Crippen LogP contribution in [0.15, 0.2) is 34.2 Å². The van der Waals surface area contributed by atoms with E-state index in [0.29, 0.717) is 19.3 Å². The average molecular weight is 529 g/mol. The molecule has 9 heteroatoms. The van der Waals surface area contributed by atoms with Gasteiger partial charge in [0.2, 0.25) is 0 Å². The van der Waals surface area contributed by atoms with Gasteiger partial charge in [0, 0.05) is 34.7 Å². The Balaban J connectivity index is 1.72. The summed E-state index contributed by atoms with van der Waals surface area (Å²) < 4.78 is 21.9. The predicted molar refractivity (Wildman–Crippen MR) is 132 cm³/mol. The van der Waals surface area contributed by atoms with E-state index in [4.69, 9.17) is 18.6 Å². The van der Waals surface area contributed by atoms with Crippen molar-refractivity contribution in [1.29, 1.82) is 0 Å². The van der Waals surface area contributed by atoms with E-state index < -0.39 is 58.3 Å². The summed E-state index contributed by atoms with van der Waals surface area (Å²) in [6.45, 7) is 8.88. The maximum Gasteiger partial charge on any atom is 0.335 e. The summed E-state index contributed by atoms with van der Waals surface area (Å²) >= 11 is 0. The normalized spacial score (nSPS) is 38.4. The zero-order valence-corrected chi connectivity index (χ0v) is 22.7. The van der Waals surface area contributed by atoms with E-state index >= 15 is 0 Å². The zero-order valence-electron chi connectivity index (χ0n) is 22.7. The number of allylic oxidation sites excluding steroid dienone is 1. The third-order valence-electron chi connectivity index (χ3n) is 10.1. The van der Waals surface area contributed by atoms with Crippen LogP contribution in [0.1, 0.15) is 72.0 Å². The molecule has 4 aliphatic rings. The molecule has 8 atom stereocenters. The molecular formula is C29H36O9. The van der Waals surface area contributed by atoms with Crippen molar-refractivity contribution >= 4 is 23.7 Å². The fraction of sp³-hybridized carbons (Fsp3) is 0.655. The van der Waals surface area contributed by atoms with E-state index in [1.807, 2.05) is 20.8 Å². The number of carbonyl (C=O) groups excluding carboxylic acids is 4. The van der Waals surface area contributed by atoms with Gasteiger partial charge in [0.1, 0.15) is 18.0 Å². The summed E-state index contributed by atoms with van der Waals surface area (Å²) in [5, 5.41) is 11.3. The van der Waals surface area contributed by atoms with Crippen molar-refractivity contribution in [3.8, 4) is 0 Å². The highest BCUT2D eigenvalue weighted by atomic mass is 16.6. The summed E-state index contributed by atoms with van der Waals surface area (Å²) in [7, 11) is 1.20. The molecule has 1 N–H and O–H groups in total. The van der Waals surface area contributed by atoms with E-state index in [9.17, 15) is 24.3 Å². The topological polar surface area (TPSA) is 129 Å². The van der Waals surface area contributed by atoms with E-state index in [0.717, 1.165) is 16.7 Å². The second-order valence-corrected chi connectivity index (χ2v) is 12.4. The number of carbonyl (C=O) groups is 4. The van der Waals surface area contributed by atoms with Crippen LogP contribution in [0.2, 0.25) is 0 Å². The summed E-state index contributed by atoms with van der Waals surface area (Å²) in [5.74, 6) is -3.72. The summed E-state index contributed by atoms with van der Waals surface area (Å²) in [5.41, 5.74) is 0.102. The third-order valence-corrected chi connectivity index (χ3v) is 10.1. The Morgan fingerprint density at radius 1 is 1.18 bits per heavy atom. The molecule has 0 radical (unpaired) electrons. The lowest BCUT2D eigenvalue weighted by atomic mass is 9.40. The van der Waals surface area contributed by atoms with Crippen LogP contribution in [-0.2, 0) is 33.4 Å². The number of ether oxygens (including phenoxy) is 3. The Labute approximate surface area is 221 Å². The number of cyclic esters (lactones) is 1. The van der Waals surface area contributed by atoms with Crippen molar-refractivity contribution < 1.29 is 42.9 Å². The molecule has 1 aromatic heterocycles. The molecule has 2 bridgehead atoms. The first-order chi connectivity index (χ1) is 17.8. The van der Waals surface area contributed by atoms with Crippen LogP contribution in [0.5, 0.6) is 0 Å². The number of aliphatic hydroxyl groups excluding tert-OH is 1. The molecule has 0 amide bonds. The molecule has 0 aromatic carbocycles. The average Bonchev–Trinajstić information content (AvgIpc) is 3.38. The molecule has 2 saturated carbocycles. The number of ketones is 1. The highest BCUT2D eigenvalue weighted by Crippen LogP contribution is 2.68. The molecular weight excluding hydrogens is 492 g/mol. The standard InChI is InChI=1S/C29H36O9/c1-14(30)37-25-17-11-16-18(29(5,23(17)33)22(27(25,2)3)21(32)26(34)35-6)7-9-28(4)19(16)12-20(31)38-24(28)15-8-10-36-13-15/h8,10,13,17-18,21-22,24-25,32H,7,9,11-12H2,1-6H3/t17-,18?,21?,22+,24+,25+,28-,29-/m1/s1. The van der Waals surface area contributed by atoms with Gasteiger partial charge in [-0.3, -0.25) is 14.4 Å². The second kappa shape index (κ2) is 8.79. The van der Waals surface area contributed by atoms with Gasteiger partial charge in [0.25, 0.3) is 0 Å². The summed E-state index contributed by atoms with van der Waals surface area (Å²) in [6, 6.07) is 1.80. The Kier molecular flexibility index (Phi) is 6.17. The molecule has 3 aliphatic carbocycles. The van der Waals surface area contributed by atoms with Crippen molar-refractivity contribution in [3.63, 3.8) is 0 Å². The molecule has 1 saturated heterocycles. The summed E-state index contributed by atoms with van der Waals surface area (Å²) in [4.78, 5) is 52.1.